The molecule has 0 aromatic carbocycles. The molecule has 15 heavy (non-hydrogen) atoms. The third-order valence-corrected chi connectivity index (χ3v) is 2.51. The van der Waals surface area contributed by atoms with Crippen LogP contribution in [0.3, 0.4) is 0 Å². The van der Waals surface area contributed by atoms with Crippen LogP contribution in [-0.4, -0.2) is 25.2 Å². The SMILES string of the molecule is CCN(CC)c1c(C)cnc(OC)c1N. The van der Waals surface area contributed by atoms with Crippen LogP contribution in [0.1, 0.15) is 19.4 Å². The molecule has 0 saturated heterocycles. The molecular weight excluding hydrogens is 190 g/mol. The molecule has 1 heterocycles. The molecule has 0 atom stereocenters. The fourth-order valence-electron chi connectivity index (χ4n) is 1.72. The number of hydrogen-bond acceptors (Lipinski definition) is 4. The zero-order valence-corrected chi connectivity index (χ0v) is 9.87. The van der Waals surface area contributed by atoms with Crippen molar-refractivity contribution in [3.63, 3.8) is 0 Å². The average Bonchev–Trinajstić information content (AvgIpc) is 2.24. The highest BCUT2D eigenvalue weighted by atomic mass is 16.5. The van der Waals surface area contributed by atoms with Gasteiger partial charge < -0.3 is 15.4 Å². The van der Waals surface area contributed by atoms with Crippen molar-refractivity contribution >= 4 is 11.4 Å². The number of aromatic nitrogens is 1. The second kappa shape index (κ2) is 4.87. The number of anilines is 2. The summed E-state index contributed by atoms with van der Waals surface area (Å²) in [5, 5.41) is 0. The third kappa shape index (κ3) is 2.14. The Morgan fingerprint density at radius 1 is 1.40 bits per heavy atom. The van der Waals surface area contributed by atoms with E-state index in [1.54, 1.807) is 13.3 Å². The summed E-state index contributed by atoms with van der Waals surface area (Å²) in [7, 11) is 1.58. The van der Waals surface area contributed by atoms with Crippen molar-refractivity contribution in [2.75, 3.05) is 30.8 Å². The number of pyridine rings is 1. The number of nitrogens with two attached hydrogens (primary N) is 1. The molecule has 2 N–H and O–H groups in total. The zero-order chi connectivity index (χ0) is 11.4. The van der Waals surface area contributed by atoms with Crippen molar-refractivity contribution in [2.24, 2.45) is 0 Å². The van der Waals surface area contributed by atoms with E-state index in [9.17, 15) is 0 Å². The quantitative estimate of drug-likeness (QED) is 0.822. The van der Waals surface area contributed by atoms with Gasteiger partial charge in [-0.15, -0.1) is 0 Å². The summed E-state index contributed by atoms with van der Waals surface area (Å²) in [5.74, 6) is 0.502. The van der Waals surface area contributed by atoms with Crippen LogP contribution >= 0.6 is 0 Å². The highest BCUT2D eigenvalue weighted by molar-refractivity contribution is 5.75. The van der Waals surface area contributed by atoms with Gasteiger partial charge in [-0.1, -0.05) is 0 Å². The van der Waals surface area contributed by atoms with Gasteiger partial charge in [-0.25, -0.2) is 4.98 Å². The lowest BCUT2D eigenvalue weighted by Gasteiger charge is -2.25. The molecule has 0 radical (unpaired) electrons. The molecule has 1 rings (SSSR count). The highest BCUT2D eigenvalue weighted by Crippen LogP contribution is 2.32. The predicted octanol–water partition coefficient (Wildman–Crippen LogP) is 1.83. The van der Waals surface area contributed by atoms with E-state index in [1.165, 1.54) is 0 Å². The zero-order valence-electron chi connectivity index (χ0n) is 9.87. The lowest BCUT2D eigenvalue weighted by Crippen LogP contribution is -2.24. The Kier molecular flexibility index (Phi) is 3.77. The summed E-state index contributed by atoms with van der Waals surface area (Å²) in [4.78, 5) is 6.34. The maximum atomic E-state index is 6.02. The Hall–Kier alpha value is -1.45. The lowest BCUT2D eigenvalue weighted by atomic mass is 10.2. The van der Waals surface area contributed by atoms with Crippen molar-refractivity contribution in [1.82, 2.24) is 4.98 Å². The van der Waals surface area contributed by atoms with Gasteiger partial charge in [-0.3, -0.25) is 0 Å². The van der Waals surface area contributed by atoms with Gasteiger partial charge >= 0.3 is 0 Å². The van der Waals surface area contributed by atoms with E-state index in [0.29, 0.717) is 11.6 Å². The summed E-state index contributed by atoms with van der Waals surface area (Å²) in [5.41, 5.74) is 8.76. The smallest absolute Gasteiger partial charge is 0.239 e. The van der Waals surface area contributed by atoms with Crippen molar-refractivity contribution in [1.29, 1.82) is 0 Å². The maximum Gasteiger partial charge on any atom is 0.239 e. The molecule has 0 saturated carbocycles. The molecule has 1 aromatic heterocycles. The third-order valence-electron chi connectivity index (χ3n) is 2.51. The van der Waals surface area contributed by atoms with E-state index in [1.807, 2.05) is 6.92 Å². The molecule has 84 valence electrons. The number of hydrogen-bond donors (Lipinski definition) is 1. The molecule has 0 aliphatic heterocycles. The van der Waals surface area contributed by atoms with Crippen LogP contribution in [0.15, 0.2) is 6.20 Å². The van der Waals surface area contributed by atoms with Crippen LogP contribution in [0, 0.1) is 6.92 Å². The minimum absolute atomic E-state index is 0.502. The first-order chi connectivity index (χ1) is 7.15. The second-order valence-corrected chi connectivity index (χ2v) is 3.39. The van der Waals surface area contributed by atoms with Crippen molar-refractivity contribution in [3.05, 3.63) is 11.8 Å². The van der Waals surface area contributed by atoms with Gasteiger partial charge in [0, 0.05) is 19.3 Å². The lowest BCUT2D eigenvalue weighted by molar-refractivity contribution is 0.400. The molecule has 0 bridgehead atoms. The van der Waals surface area contributed by atoms with Crippen molar-refractivity contribution in [3.8, 4) is 5.88 Å². The molecule has 0 spiro atoms. The monoisotopic (exact) mass is 209 g/mol. The Labute approximate surface area is 91.1 Å². The topological polar surface area (TPSA) is 51.4 Å². The standard InChI is InChI=1S/C11H19N3O/c1-5-14(6-2)10-8(3)7-13-11(15-4)9(10)12/h7H,5-6,12H2,1-4H3. The number of methoxy groups -OCH3 is 1. The first-order valence-electron chi connectivity index (χ1n) is 5.19. The van der Waals surface area contributed by atoms with Crippen LogP contribution in [0.4, 0.5) is 11.4 Å². The van der Waals surface area contributed by atoms with Gasteiger partial charge in [-0.05, 0) is 26.3 Å². The normalized spacial score (nSPS) is 10.1. The minimum atomic E-state index is 0.502. The molecule has 0 amide bonds. The summed E-state index contributed by atoms with van der Waals surface area (Å²) in [6, 6.07) is 0. The van der Waals surface area contributed by atoms with E-state index in [0.717, 1.165) is 24.3 Å². The van der Waals surface area contributed by atoms with E-state index in [4.69, 9.17) is 10.5 Å². The van der Waals surface area contributed by atoms with Gasteiger partial charge in [0.1, 0.15) is 5.69 Å². The van der Waals surface area contributed by atoms with Crippen molar-refractivity contribution in [2.45, 2.75) is 20.8 Å². The summed E-state index contributed by atoms with van der Waals surface area (Å²) in [6.45, 7) is 8.07. The summed E-state index contributed by atoms with van der Waals surface area (Å²) >= 11 is 0. The second-order valence-electron chi connectivity index (χ2n) is 3.39. The Bertz CT molecular complexity index is 335. The molecule has 0 unspecified atom stereocenters. The first-order valence-corrected chi connectivity index (χ1v) is 5.19. The molecule has 0 aliphatic rings. The van der Waals surface area contributed by atoms with Gasteiger partial charge in [0.2, 0.25) is 5.88 Å². The molecule has 1 aromatic rings. The molecule has 0 fully saturated rings. The number of nitrogens with zero attached hydrogens (tertiary/aromatic N) is 2. The van der Waals surface area contributed by atoms with Crippen LogP contribution in [-0.2, 0) is 0 Å². The molecule has 0 aliphatic carbocycles. The van der Waals surface area contributed by atoms with Gasteiger partial charge in [0.05, 0.1) is 12.8 Å². The Morgan fingerprint density at radius 3 is 2.47 bits per heavy atom. The Balaban J connectivity index is 3.25. The van der Waals surface area contributed by atoms with Gasteiger partial charge in [0.25, 0.3) is 0 Å². The number of nitrogen functional groups attached to an aromatic ring is 1. The number of aryl methyl sites for hydroxylation is 1. The average molecular weight is 209 g/mol. The van der Waals surface area contributed by atoms with Crippen LogP contribution < -0.4 is 15.4 Å². The molecular formula is C11H19N3O. The first kappa shape index (κ1) is 11.6. The number of rotatable bonds is 4. The minimum Gasteiger partial charge on any atom is -0.479 e. The summed E-state index contributed by atoms with van der Waals surface area (Å²) < 4.78 is 5.12. The van der Waals surface area contributed by atoms with Crippen LogP contribution in [0.5, 0.6) is 5.88 Å². The van der Waals surface area contributed by atoms with Crippen LogP contribution in [0.2, 0.25) is 0 Å². The molecule has 4 heteroatoms. The Morgan fingerprint density at radius 2 is 2.00 bits per heavy atom. The van der Waals surface area contributed by atoms with Crippen molar-refractivity contribution < 1.29 is 4.74 Å². The number of ether oxygens (including phenoxy) is 1. The predicted molar refractivity (Wildman–Crippen MR) is 63.5 cm³/mol. The summed E-state index contributed by atoms with van der Waals surface area (Å²) in [6.07, 6.45) is 1.79. The van der Waals surface area contributed by atoms with E-state index >= 15 is 0 Å². The fraction of sp³-hybridized carbons (Fsp3) is 0.545. The fourth-order valence-corrected chi connectivity index (χ4v) is 1.72. The van der Waals surface area contributed by atoms with Gasteiger partial charge in [-0.2, -0.15) is 0 Å². The van der Waals surface area contributed by atoms with E-state index in [-0.39, 0.29) is 0 Å². The highest BCUT2D eigenvalue weighted by Gasteiger charge is 2.14. The largest absolute Gasteiger partial charge is 0.479 e. The molecule has 4 nitrogen and oxygen atoms in total. The van der Waals surface area contributed by atoms with E-state index in [2.05, 4.69) is 23.7 Å². The van der Waals surface area contributed by atoms with Gasteiger partial charge in [0.15, 0.2) is 0 Å². The van der Waals surface area contributed by atoms with Crippen LogP contribution in [0.25, 0.3) is 0 Å². The maximum absolute atomic E-state index is 6.02. The van der Waals surface area contributed by atoms with E-state index < -0.39 is 0 Å².